The summed E-state index contributed by atoms with van der Waals surface area (Å²) in [5, 5.41) is 0. The van der Waals surface area contributed by atoms with Gasteiger partial charge in [-0.25, -0.2) is 4.79 Å². The van der Waals surface area contributed by atoms with Crippen molar-refractivity contribution in [2.24, 2.45) is 5.73 Å². The van der Waals surface area contributed by atoms with Crippen LogP contribution in [0, 0.1) is 0 Å². The molecule has 0 aromatic carbocycles. The number of ether oxygens (including phenoxy) is 1. The second-order valence-corrected chi connectivity index (χ2v) is 1.52. The monoisotopic (exact) mass is 169 g/mol. The molecule has 0 unspecified atom stereocenters. The maximum atomic E-state index is 10.3. The summed E-state index contributed by atoms with van der Waals surface area (Å²) in [6.45, 7) is 0.602. The Balaban J connectivity index is -0.000000405. The Labute approximate surface area is 87.0 Å². The number of hydrogen-bond donors (Lipinski definition) is 1. The van der Waals surface area contributed by atoms with Crippen molar-refractivity contribution in [3.05, 3.63) is 0 Å². The number of esters is 2. The van der Waals surface area contributed by atoms with Crippen molar-refractivity contribution >= 4 is 17.7 Å². The van der Waals surface area contributed by atoms with E-state index in [1.54, 1.807) is 0 Å². The van der Waals surface area contributed by atoms with Gasteiger partial charge in [-0.2, -0.15) is 0 Å². The molecule has 0 bridgehead atoms. The summed E-state index contributed by atoms with van der Waals surface area (Å²) in [5.74, 6) is -2.89. The van der Waals surface area contributed by atoms with E-state index in [0.29, 0.717) is 0 Å². The Morgan fingerprint density at radius 3 is 2.18 bits per heavy atom. The summed E-state index contributed by atoms with van der Waals surface area (Å²) in [4.78, 5) is 30.6. The molecule has 0 aliphatic rings. The van der Waals surface area contributed by atoms with Gasteiger partial charge in [0.15, 0.2) is 0 Å². The molecule has 0 atom stereocenters. The van der Waals surface area contributed by atoms with Crippen LogP contribution in [0.15, 0.2) is 0 Å². The smallest absolute Gasteiger partial charge is 1.00 e. The Bertz CT molecular complexity index is 184. The minimum Gasteiger partial charge on any atom is -1.00 e. The summed E-state index contributed by atoms with van der Waals surface area (Å²) in [5.41, 5.74) is 4.78. The van der Waals surface area contributed by atoms with Crippen LogP contribution in [0.25, 0.3) is 0 Å². The topological polar surface area (TPSA) is 86.5 Å². The van der Waals surface area contributed by atoms with Crippen molar-refractivity contribution in [3.63, 3.8) is 0 Å². The maximum Gasteiger partial charge on any atom is 1.00 e. The van der Waals surface area contributed by atoms with E-state index in [1.165, 1.54) is 0 Å². The Kier molecular flexibility index (Phi) is 7.87. The molecule has 0 rings (SSSR count). The van der Waals surface area contributed by atoms with E-state index >= 15 is 0 Å². The van der Waals surface area contributed by atoms with E-state index in [0.717, 1.165) is 6.92 Å². The molecule has 6 heteroatoms. The standard InChI is InChI=1S/C5H7NO4.Na.H/c1-3(7)5(9)10-4(8)2-6;;/h2,6H2,1H3;;/q;+1;-1. The summed E-state index contributed by atoms with van der Waals surface area (Å²) in [7, 11) is 0. The van der Waals surface area contributed by atoms with Crippen molar-refractivity contribution < 1.29 is 50.1 Å². The van der Waals surface area contributed by atoms with Crippen molar-refractivity contribution in [3.8, 4) is 0 Å². The molecule has 0 amide bonds. The van der Waals surface area contributed by atoms with Gasteiger partial charge in [-0.3, -0.25) is 9.59 Å². The fraction of sp³-hybridized carbons (Fsp3) is 0.400. The normalized spacial score (nSPS) is 7.82. The molecular formula is C5H8NNaO4. The fourth-order valence-corrected chi connectivity index (χ4v) is 0.217. The van der Waals surface area contributed by atoms with Gasteiger partial charge >= 0.3 is 41.5 Å². The van der Waals surface area contributed by atoms with E-state index in [9.17, 15) is 14.4 Å². The molecule has 0 aliphatic carbocycles. The predicted octanol–water partition coefficient (Wildman–Crippen LogP) is -4.28. The molecule has 0 saturated carbocycles. The van der Waals surface area contributed by atoms with Crippen LogP contribution in [-0.2, 0) is 19.1 Å². The SMILES string of the molecule is CC(=O)C(=O)OC(=O)CN.[H-].[Na+]. The maximum absolute atomic E-state index is 10.3. The van der Waals surface area contributed by atoms with Crippen LogP contribution in [0.4, 0.5) is 0 Å². The van der Waals surface area contributed by atoms with Crippen molar-refractivity contribution in [2.75, 3.05) is 6.54 Å². The van der Waals surface area contributed by atoms with Gasteiger partial charge < -0.3 is 11.9 Å². The average Bonchev–Trinajstić information content (AvgIpc) is 1.87. The summed E-state index contributed by atoms with van der Waals surface area (Å²) >= 11 is 0. The van der Waals surface area contributed by atoms with Crippen molar-refractivity contribution in [1.29, 1.82) is 0 Å². The number of ketones is 1. The van der Waals surface area contributed by atoms with Gasteiger partial charge in [-0.05, 0) is 0 Å². The van der Waals surface area contributed by atoms with E-state index < -0.39 is 24.3 Å². The minimum atomic E-state index is -1.17. The van der Waals surface area contributed by atoms with E-state index in [1.807, 2.05) is 0 Å². The van der Waals surface area contributed by atoms with Gasteiger partial charge in [0.25, 0.3) is 0 Å². The van der Waals surface area contributed by atoms with Gasteiger partial charge in [-0.1, -0.05) is 0 Å². The Morgan fingerprint density at radius 2 is 1.91 bits per heavy atom. The van der Waals surface area contributed by atoms with Gasteiger partial charge in [0, 0.05) is 6.92 Å². The first-order chi connectivity index (χ1) is 4.57. The van der Waals surface area contributed by atoms with E-state index in [2.05, 4.69) is 4.74 Å². The molecule has 0 aromatic rings. The van der Waals surface area contributed by atoms with Crippen LogP contribution in [0.5, 0.6) is 0 Å². The summed E-state index contributed by atoms with van der Waals surface area (Å²) in [6, 6.07) is 0. The number of carbonyl (C=O) groups excluding carboxylic acids is 3. The number of Topliss-reactive ketones (excluding diaryl/α,β-unsaturated/α-hetero) is 1. The zero-order valence-corrected chi connectivity index (χ0v) is 8.42. The van der Waals surface area contributed by atoms with Crippen LogP contribution in [0.3, 0.4) is 0 Å². The van der Waals surface area contributed by atoms with Crippen LogP contribution < -0.4 is 35.3 Å². The van der Waals surface area contributed by atoms with Gasteiger partial charge in [0.1, 0.15) is 0 Å². The van der Waals surface area contributed by atoms with E-state index in [4.69, 9.17) is 5.73 Å². The third-order valence-corrected chi connectivity index (χ3v) is 0.661. The Hall–Kier alpha value is -0.230. The van der Waals surface area contributed by atoms with E-state index in [-0.39, 0.29) is 31.0 Å². The molecule has 58 valence electrons. The number of hydrogen-bond acceptors (Lipinski definition) is 5. The molecule has 5 nitrogen and oxygen atoms in total. The first-order valence-electron chi connectivity index (χ1n) is 2.53. The molecular weight excluding hydrogens is 161 g/mol. The zero-order chi connectivity index (χ0) is 8.15. The molecule has 0 saturated heterocycles. The number of nitrogens with two attached hydrogens (primary N) is 1. The third kappa shape index (κ3) is 6.18. The van der Waals surface area contributed by atoms with Gasteiger partial charge in [0.2, 0.25) is 5.78 Å². The third-order valence-electron chi connectivity index (χ3n) is 0.661. The first-order valence-corrected chi connectivity index (χ1v) is 2.53. The number of rotatable bonds is 2. The van der Waals surface area contributed by atoms with Crippen LogP contribution in [-0.4, -0.2) is 24.3 Å². The van der Waals surface area contributed by atoms with Crippen LogP contribution >= 0.6 is 0 Å². The summed E-state index contributed by atoms with van der Waals surface area (Å²) in [6.07, 6.45) is 0. The predicted molar refractivity (Wildman–Crippen MR) is 31.9 cm³/mol. The molecule has 0 aliphatic heterocycles. The van der Waals surface area contributed by atoms with Crippen LogP contribution in [0.2, 0.25) is 0 Å². The van der Waals surface area contributed by atoms with Crippen molar-refractivity contribution in [2.45, 2.75) is 6.92 Å². The zero-order valence-electron chi connectivity index (χ0n) is 7.42. The minimum absolute atomic E-state index is 0. The quantitative estimate of drug-likeness (QED) is 0.196. The summed E-state index contributed by atoms with van der Waals surface area (Å²) < 4.78 is 3.91. The molecule has 0 fully saturated rings. The molecule has 0 heterocycles. The largest absolute Gasteiger partial charge is 1.00 e. The first kappa shape index (κ1) is 13.4. The molecule has 0 aromatic heterocycles. The second kappa shape index (κ2) is 6.48. The molecule has 0 spiro atoms. The number of carbonyl (C=O) groups is 3. The average molecular weight is 169 g/mol. The molecule has 11 heavy (non-hydrogen) atoms. The van der Waals surface area contributed by atoms with Gasteiger partial charge in [-0.15, -0.1) is 0 Å². The van der Waals surface area contributed by atoms with Crippen molar-refractivity contribution in [1.82, 2.24) is 0 Å². The molecule has 0 radical (unpaired) electrons. The van der Waals surface area contributed by atoms with Gasteiger partial charge in [0.05, 0.1) is 6.54 Å². The van der Waals surface area contributed by atoms with Crippen LogP contribution in [0.1, 0.15) is 8.35 Å². The molecule has 2 N–H and O–H groups in total. The second-order valence-electron chi connectivity index (χ2n) is 1.52. The Morgan fingerprint density at radius 1 is 1.45 bits per heavy atom. The fourth-order valence-electron chi connectivity index (χ4n) is 0.217.